The molecule has 4 rings (SSSR count). The number of hydrogen-bond acceptors (Lipinski definition) is 7. The molecule has 0 aliphatic rings. The lowest BCUT2D eigenvalue weighted by atomic mass is 9.84. The van der Waals surface area contributed by atoms with Gasteiger partial charge in [0.1, 0.15) is 11.4 Å². The summed E-state index contributed by atoms with van der Waals surface area (Å²) in [4.78, 5) is 13.0. The minimum Gasteiger partial charge on any atom is -0.505 e. The van der Waals surface area contributed by atoms with Crippen LogP contribution in [-0.2, 0) is 5.54 Å². The van der Waals surface area contributed by atoms with Crippen LogP contribution in [0.2, 0.25) is 0 Å². The summed E-state index contributed by atoms with van der Waals surface area (Å²) in [7, 11) is 0. The van der Waals surface area contributed by atoms with Gasteiger partial charge in [-0.2, -0.15) is 10.2 Å². The van der Waals surface area contributed by atoms with E-state index >= 15 is 0 Å². The number of carbonyl (C=O) groups is 1. The standard InChI is InChI=1S/C32H35N5O3/c1-4-19-32(33,5-2)24-13-15-25(16-14-24)35-36-29-27-10-8-7-9-23(27)20-28(30(29)38)31(39)37-34-21-22-11-17-26(18-12-22)40-6-3/h7-18,20-21,38H,4-6,19,33H2,1-3H3,(H,37,39)/b34-21?,36-35-. The van der Waals surface area contributed by atoms with Crippen molar-refractivity contribution in [2.45, 2.75) is 45.6 Å². The third-order valence-electron chi connectivity index (χ3n) is 6.85. The van der Waals surface area contributed by atoms with Crippen molar-refractivity contribution < 1.29 is 14.6 Å². The zero-order valence-electron chi connectivity index (χ0n) is 23.1. The van der Waals surface area contributed by atoms with Crippen molar-refractivity contribution in [2.75, 3.05) is 6.61 Å². The maximum atomic E-state index is 13.0. The Morgan fingerprint density at radius 3 is 2.40 bits per heavy atom. The molecule has 8 nitrogen and oxygen atoms in total. The van der Waals surface area contributed by atoms with Crippen molar-refractivity contribution in [1.29, 1.82) is 0 Å². The van der Waals surface area contributed by atoms with E-state index in [1.54, 1.807) is 6.07 Å². The van der Waals surface area contributed by atoms with Crippen LogP contribution in [0.25, 0.3) is 10.8 Å². The number of ether oxygens (including phenoxy) is 1. The molecule has 0 spiro atoms. The summed E-state index contributed by atoms with van der Waals surface area (Å²) in [5.41, 5.74) is 11.4. The van der Waals surface area contributed by atoms with Gasteiger partial charge in [0.05, 0.1) is 24.1 Å². The number of phenolic OH excluding ortho intramolecular Hbond substituents is 1. The first-order valence-corrected chi connectivity index (χ1v) is 13.5. The highest BCUT2D eigenvalue weighted by atomic mass is 16.5. The molecule has 4 N–H and O–H groups in total. The lowest BCUT2D eigenvalue weighted by Gasteiger charge is -2.28. The number of hydrogen-bond donors (Lipinski definition) is 3. The monoisotopic (exact) mass is 537 g/mol. The number of nitrogens with zero attached hydrogens (tertiary/aromatic N) is 3. The topological polar surface area (TPSA) is 122 Å². The van der Waals surface area contributed by atoms with E-state index in [-0.39, 0.29) is 22.5 Å². The van der Waals surface area contributed by atoms with E-state index in [1.807, 2.05) is 79.7 Å². The molecule has 1 atom stereocenters. The Hall–Kier alpha value is -4.56. The summed E-state index contributed by atoms with van der Waals surface area (Å²) < 4.78 is 5.44. The molecule has 0 bridgehead atoms. The largest absolute Gasteiger partial charge is 0.505 e. The van der Waals surface area contributed by atoms with Crippen LogP contribution < -0.4 is 15.9 Å². The third-order valence-corrected chi connectivity index (χ3v) is 6.85. The van der Waals surface area contributed by atoms with Crippen LogP contribution in [0.5, 0.6) is 11.5 Å². The molecule has 0 saturated heterocycles. The molecule has 0 heterocycles. The molecule has 4 aromatic rings. The van der Waals surface area contributed by atoms with Crippen LogP contribution in [0.1, 0.15) is 61.5 Å². The number of rotatable bonds is 11. The highest BCUT2D eigenvalue weighted by Gasteiger charge is 2.24. The molecule has 1 amide bonds. The molecule has 206 valence electrons. The van der Waals surface area contributed by atoms with Gasteiger partial charge in [-0.05, 0) is 78.7 Å². The Labute approximate surface area is 234 Å². The van der Waals surface area contributed by atoms with E-state index in [1.165, 1.54) is 6.21 Å². The average molecular weight is 538 g/mol. The Kier molecular flexibility index (Phi) is 9.24. The Morgan fingerprint density at radius 1 is 1.00 bits per heavy atom. The number of aromatic hydroxyl groups is 1. The fourth-order valence-electron chi connectivity index (χ4n) is 4.57. The molecule has 40 heavy (non-hydrogen) atoms. The van der Waals surface area contributed by atoms with E-state index < -0.39 is 5.91 Å². The average Bonchev–Trinajstić information content (AvgIpc) is 2.97. The van der Waals surface area contributed by atoms with E-state index in [2.05, 4.69) is 34.6 Å². The number of hydrazone groups is 1. The Balaban J connectivity index is 1.58. The van der Waals surface area contributed by atoms with Crippen LogP contribution in [0, 0.1) is 0 Å². The molecule has 0 fully saturated rings. The fraction of sp³-hybridized carbons (Fsp3) is 0.250. The number of carbonyl (C=O) groups excluding carboxylic acids is 1. The summed E-state index contributed by atoms with van der Waals surface area (Å²) in [6, 6.07) is 24.0. The molecular formula is C32H35N5O3. The summed E-state index contributed by atoms with van der Waals surface area (Å²) in [6.07, 6.45) is 4.24. The number of benzene rings is 4. The van der Waals surface area contributed by atoms with Crippen LogP contribution in [0.4, 0.5) is 11.4 Å². The molecule has 0 radical (unpaired) electrons. The first kappa shape index (κ1) is 28.4. The first-order valence-electron chi connectivity index (χ1n) is 13.5. The highest BCUT2D eigenvalue weighted by Crippen LogP contribution is 2.39. The van der Waals surface area contributed by atoms with Crippen LogP contribution >= 0.6 is 0 Å². The number of fused-ring (bicyclic) bond motifs is 1. The Morgan fingerprint density at radius 2 is 1.73 bits per heavy atom. The van der Waals surface area contributed by atoms with E-state index in [0.29, 0.717) is 17.7 Å². The van der Waals surface area contributed by atoms with Gasteiger partial charge in [-0.25, -0.2) is 5.43 Å². The van der Waals surface area contributed by atoms with Crippen LogP contribution in [0.15, 0.2) is 94.2 Å². The van der Waals surface area contributed by atoms with Crippen molar-refractivity contribution in [3.05, 3.63) is 95.6 Å². The van der Waals surface area contributed by atoms with Gasteiger partial charge in [0.25, 0.3) is 5.91 Å². The van der Waals surface area contributed by atoms with E-state index in [9.17, 15) is 9.90 Å². The SMILES string of the molecule is CCCC(N)(CC)c1ccc(/N=N\c2c(O)c(C(=O)NN=Cc3ccc(OCC)cc3)cc3ccccc23)cc1. The zero-order valence-corrected chi connectivity index (χ0v) is 23.1. The molecule has 0 saturated carbocycles. The number of phenols is 1. The second-order valence-electron chi connectivity index (χ2n) is 9.55. The maximum absolute atomic E-state index is 13.0. The molecule has 0 aliphatic heterocycles. The summed E-state index contributed by atoms with van der Waals surface area (Å²) in [5, 5.41) is 25.2. The van der Waals surface area contributed by atoms with Gasteiger partial charge in [-0.15, -0.1) is 5.11 Å². The van der Waals surface area contributed by atoms with Crippen molar-refractivity contribution in [3.8, 4) is 11.5 Å². The quantitative estimate of drug-likeness (QED) is 0.104. The predicted octanol–water partition coefficient (Wildman–Crippen LogP) is 7.49. The normalized spacial score (nSPS) is 13.1. The van der Waals surface area contributed by atoms with Gasteiger partial charge >= 0.3 is 0 Å². The lowest BCUT2D eigenvalue weighted by Crippen LogP contribution is -2.35. The van der Waals surface area contributed by atoms with Gasteiger partial charge < -0.3 is 15.6 Å². The zero-order chi connectivity index (χ0) is 28.5. The number of nitrogens with one attached hydrogen (secondary N) is 1. The lowest BCUT2D eigenvalue weighted by molar-refractivity contribution is 0.0952. The van der Waals surface area contributed by atoms with Gasteiger partial charge in [-0.1, -0.05) is 56.7 Å². The molecule has 8 heteroatoms. The van der Waals surface area contributed by atoms with Crippen molar-refractivity contribution in [2.24, 2.45) is 21.1 Å². The van der Waals surface area contributed by atoms with Gasteiger partial charge in [0, 0.05) is 10.9 Å². The number of amides is 1. The second-order valence-corrected chi connectivity index (χ2v) is 9.55. The predicted molar refractivity (Wildman–Crippen MR) is 160 cm³/mol. The first-order chi connectivity index (χ1) is 19.4. The highest BCUT2D eigenvalue weighted by molar-refractivity contribution is 6.06. The molecular weight excluding hydrogens is 502 g/mol. The fourth-order valence-corrected chi connectivity index (χ4v) is 4.57. The third kappa shape index (κ3) is 6.52. The summed E-state index contributed by atoms with van der Waals surface area (Å²) in [5.74, 6) is -0.0869. The van der Waals surface area contributed by atoms with Crippen LogP contribution in [-0.4, -0.2) is 23.8 Å². The minimum absolute atomic E-state index is 0.0438. The van der Waals surface area contributed by atoms with E-state index in [4.69, 9.17) is 10.5 Å². The number of nitrogens with two attached hydrogens (primary N) is 1. The number of azo groups is 1. The maximum Gasteiger partial charge on any atom is 0.275 e. The van der Waals surface area contributed by atoms with Crippen LogP contribution in [0.3, 0.4) is 0 Å². The Bertz CT molecular complexity index is 1510. The van der Waals surface area contributed by atoms with E-state index in [0.717, 1.165) is 41.5 Å². The van der Waals surface area contributed by atoms with Gasteiger partial charge in [0.15, 0.2) is 5.75 Å². The van der Waals surface area contributed by atoms with Crippen molar-refractivity contribution in [1.82, 2.24) is 5.43 Å². The smallest absolute Gasteiger partial charge is 0.275 e. The molecule has 1 unspecified atom stereocenters. The van der Waals surface area contributed by atoms with Crippen molar-refractivity contribution in [3.63, 3.8) is 0 Å². The van der Waals surface area contributed by atoms with Gasteiger partial charge in [-0.3, -0.25) is 4.79 Å². The second kappa shape index (κ2) is 13.0. The minimum atomic E-state index is -0.569. The van der Waals surface area contributed by atoms with Crippen molar-refractivity contribution >= 4 is 34.3 Å². The molecule has 0 aromatic heterocycles. The molecule has 4 aromatic carbocycles. The van der Waals surface area contributed by atoms with Gasteiger partial charge in [0.2, 0.25) is 0 Å². The summed E-state index contributed by atoms with van der Waals surface area (Å²) in [6.45, 7) is 6.72. The summed E-state index contributed by atoms with van der Waals surface area (Å²) >= 11 is 0. The molecule has 0 aliphatic carbocycles.